The molecule has 114 heavy (non-hydrogen) atoms. The monoisotopic (exact) mass is 1620 g/mol. The van der Waals surface area contributed by atoms with E-state index < -0.39 is 89.2 Å². The van der Waals surface area contributed by atoms with Crippen molar-refractivity contribution in [3.63, 3.8) is 0 Å². The first-order valence-corrected chi connectivity index (χ1v) is 44.7. The third kappa shape index (κ3) is 19.0. The Morgan fingerprint density at radius 2 is 0.798 bits per heavy atom. The second-order valence-electron chi connectivity index (χ2n) is 40.9. The number of piperidine rings is 2. The normalized spacial score (nSPS) is 29.0. The number of rotatable bonds is 27. The van der Waals surface area contributed by atoms with Crippen molar-refractivity contribution in [2.75, 3.05) is 26.2 Å². The molecule has 0 radical (unpaired) electrons. The molecule has 12 rings (SSSR count). The van der Waals surface area contributed by atoms with Crippen molar-refractivity contribution in [3.8, 4) is 0 Å². The summed E-state index contributed by atoms with van der Waals surface area (Å²) >= 11 is 0. The molecule has 4 aliphatic heterocycles. The summed E-state index contributed by atoms with van der Waals surface area (Å²) in [7, 11) is 0. The van der Waals surface area contributed by atoms with Gasteiger partial charge in [0.05, 0.1) is 24.2 Å². The number of carboxylic acid groups (broad SMARTS) is 1. The number of halogens is 1. The Labute approximate surface area is 688 Å². The zero-order chi connectivity index (χ0) is 82.9. The minimum Gasteiger partial charge on any atom is -0.480 e. The quantitative estimate of drug-likeness (QED) is 0.0364. The van der Waals surface area contributed by atoms with Gasteiger partial charge in [-0.3, -0.25) is 57.7 Å². The molecule has 0 aromatic heterocycles. The van der Waals surface area contributed by atoms with Gasteiger partial charge >= 0.3 is 5.97 Å². The van der Waals surface area contributed by atoms with Crippen LogP contribution in [0.15, 0.2) is 0 Å². The second kappa shape index (κ2) is 37.2. The van der Waals surface area contributed by atoms with Crippen LogP contribution in [0.3, 0.4) is 0 Å². The summed E-state index contributed by atoms with van der Waals surface area (Å²) in [5.74, 6) is -3.55. The minimum atomic E-state index is -1.40. The summed E-state index contributed by atoms with van der Waals surface area (Å²) in [6, 6.07) is -6.17. The van der Waals surface area contributed by atoms with Crippen molar-refractivity contribution >= 4 is 71.5 Å². The zero-order valence-electron chi connectivity index (χ0n) is 72.5. The van der Waals surface area contributed by atoms with E-state index >= 15 is 4.79 Å². The Morgan fingerprint density at radius 1 is 0.439 bits per heavy atom. The summed E-state index contributed by atoms with van der Waals surface area (Å²) in [5.41, 5.74) is 4.77. The highest BCUT2D eigenvalue weighted by atomic mass is 35.5. The molecule has 4 heterocycles. The number of hydrogen-bond donors (Lipinski definition) is 11. The number of nitrogens with two attached hydrogens (primary N) is 1. The average molecular weight is 1620 g/mol. The fourth-order valence-electron chi connectivity index (χ4n) is 22.9. The number of fused-ring (bicyclic) bond motifs is 2. The maximum Gasteiger partial charge on any atom is 0.320 e. The van der Waals surface area contributed by atoms with Gasteiger partial charge in [0.15, 0.2) is 12.2 Å². The van der Waals surface area contributed by atoms with Gasteiger partial charge in [0.25, 0.3) is 11.8 Å². The molecular weight excluding hydrogens is 1470 g/mol. The molecule has 0 aromatic carbocycles. The molecule has 26 heteroatoms. The van der Waals surface area contributed by atoms with Gasteiger partial charge in [0.1, 0.15) is 36.3 Å². The van der Waals surface area contributed by atoms with Crippen molar-refractivity contribution in [2.24, 2.45) is 60.9 Å². The fraction of sp³-hybridized carbons (Fsp3) is 0.886. The molecule has 25 nitrogen and oxygen atoms in total. The highest BCUT2D eigenvalue weighted by molar-refractivity contribution is 5.97. The lowest BCUT2D eigenvalue weighted by molar-refractivity contribution is -0.145. The largest absolute Gasteiger partial charge is 0.480 e. The first kappa shape index (κ1) is 92.7. The van der Waals surface area contributed by atoms with Crippen LogP contribution in [-0.2, 0) is 47.9 Å². The van der Waals surface area contributed by atoms with E-state index in [-0.39, 0.29) is 128 Å². The number of carbonyl (C=O) groups excluding carboxylic acids is 9. The smallest absolute Gasteiger partial charge is 0.320 e. The van der Waals surface area contributed by atoms with E-state index in [0.29, 0.717) is 57.7 Å². The van der Waals surface area contributed by atoms with Crippen molar-refractivity contribution in [2.45, 2.75) is 413 Å². The van der Waals surface area contributed by atoms with Gasteiger partial charge in [-0.2, -0.15) is 0 Å². The summed E-state index contributed by atoms with van der Waals surface area (Å²) in [6.07, 6.45) is 26.3. The molecule has 4 spiro atoms. The molecular formula is C88H151ClN12O13. The predicted octanol–water partition coefficient (Wildman–Crippen LogP) is 9.47. The standard InChI is InChI=1S/C44H74N6O6.C35H59N5O5.C9H17NO2.ClH/c1-9-16-30(34(51)39(55)45-29-20-21-29)46-37(53)32-25-44(42(7,8)43(44)22-15-23-43)26-50(32)40(56)35(41(4,5)6)48-38(54)33(28-17-11-10-12-18-28)47-36(52)31-19-13-14-24-49(31)27(2)3;1-7-12-23(26(41)30(44)37-22-15-16-22)38-28(42)24-19-35(33(5,6)34(35)17-11-18-34)20-40(24)31(45)27(32(2,3)4)39-29(43)25(36)21-13-9-8-10-14-21;1-7(2)10-6-4-3-5-8(10)9(11)12;/h27-35,51H,9-26H2,1-8H3,(H,45,55)(H,46,53)(H,47,52)(H,48,54);21-27,41H,7-20,36H2,1-6H3,(H,37,44)(H,38,42)(H,39,43);7-8H,3-6H2,1-2H3,(H,11,12);1H/t30-,31-,32-,33-,34?,35+,44+;23-,24-,25-,26?,27+,35+;8-;/m000./s1. The maximum absolute atomic E-state index is 15.2. The van der Waals surface area contributed by atoms with Crippen LogP contribution in [0, 0.1) is 55.2 Å². The number of carbonyl (C=O) groups is 10. The van der Waals surface area contributed by atoms with E-state index in [1.54, 1.807) is 9.80 Å². The fourth-order valence-corrected chi connectivity index (χ4v) is 22.9. The molecule has 2 unspecified atom stereocenters. The molecule has 648 valence electrons. The SMILES string of the molecule is CC(C)N1CCCC[C@H]1C(=O)O.CCC[C@H](NC(=O)[C@@H]1C[C@@]2(CN1C(=O)[C@@H](NC(=O)[C@@H](N)C1CCCCC1)C(C)(C)C)C(C)(C)C21CCC1)C(O)C(=O)NC1CC1.CCC[C@H](NC(=O)[C@@H]1C[C@@]2(CN1C(=O)[C@@H](NC(=O)[C@@H](NC(=O)[C@@H]1CCCCN1C(C)C)C1CCCCC1)C(C)(C)C)C(C)(C)C21CCC1)C(O)C(=O)NC1CC1.Cl. The Morgan fingerprint density at radius 3 is 1.13 bits per heavy atom. The third-order valence-electron chi connectivity index (χ3n) is 30.8. The van der Waals surface area contributed by atoms with Crippen LogP contribution < -0.4 is 43.0 Å². The molecule has 12 fully saturated rings. The zero-order valence-corrected chi connectivity index (χ0v) is 73.4. The molecule has 0 bridgehead atoms. The highest BCUT2D eigenvalue weighted by Crippen LogP contribution is 2.89. The van der Waals surface area contributed by atoms with Gasteiger partial charge in [-0.05, 0) is 214 Å². The Kier molecular flexibility index (Phi) is 30.2. The number of likely N-dealkylation sites (tertiary alicyclic amines) is 4. The molecule has 14 atom stereocenters. The minimum absolute atomic E-state index is 0. The lowest BCUT2D eigenvalue weighted by Gasteiger charge is -2.40. The van der Waals surface area contributed by atoms with Crippen molar-refractivity contribution < 1.29 is 63.3 Å². The van der Waals surface area contributed by atoms with Gasteiger partial charge in [0, 0.05) is 48.1 Å². The second-order valence-corrected chi connectivity index (χ2v) is 40.9. The lowest BCUT2D eigenvalue weighted by atomic mass is 9.73. The number of carboxylic acids is 1. The molecule has 4 saturated heterocycles. The van der Waals surface area contributed by atoms with Crippen LogP contribution in [0.4, 0.5) is 0 Å². The molecule has 8 saturated carbocycles. The Hall–Kier alpha value is -5.21. The van der Waals surface area contributed by atoms with E-state index in [1.807, 2.05) is 55.4 Å². The number of nitrogens with zero attached hydrogens (tertiary/aromatic N) is 4. The summed E-state index contributed by atoms with van der Waals surface area (Å²) in [5, 5.41) is 52.2. The van der Waals surface area contributed by atoms with E-state index in [0.717, 1.165) is 180 Å². The van der Waals surface area contributed by atoms with Crippen molar-refractivity contribution in [3.05, 3.63) is 0 Å². The molecule has 0 aromatic rings. The summed E-state index contributed by atoms with van der Waals surface area (Å²) in [4.78, 5) is 145. The Balaban J connectivity index is 0.000000229. The third-order valence-corrected chi connectivity index (χ3v) is 30.8. The number of amides is 9. The molecule has 12 N–H and O–H groups in total. The van der Waals surface area contributed by atoms with Crippen LogP contribution in [0.1, 0.15) is 316 Å². The van der Waals surface area contributed by atoms with E-state index in [9.17, 15) is 53.4 Å². The summed E-state index contributed by atoms with van der Waals surface area (Å²) in [6.45, 7) is 35.6. The van der Waals surface area contributed by atoms with Crippen molar-refractivity contribution in [1.29, 1.82) is 0 Å². The number of aliphatic hydroxyl groups excluding tert-OH is 2. The molecule has 9 amide bonds. The van der Waals surface area contributed by atoms with Crippen LogP contribution in [-0.4, -0.2) is 217 Å². The van der Waals surface area contributed by atoms with Gasteiger partial charge < -0.3 is 68.1 Å². The number of hydrogen-bond acceptors (Lipinski definition) is 15. The summed E-state index contributed by atoms with van der Waals surface area (Å²) < 4.78 is 0. The number of nitrogens with one attached hydrogen (secondary N) is 7. The number of aliphatic carboxylic acids is 1. The topological polar surface area (TPSA) is 355 Å². The van der Waals surface area contributed by atoms with Crippen LogP contribution in [0.25, 0.3) is 0 Å². The van der Waals surface area contributed by atoms with Crippen LogP contribution in [0.5, 0.6) is 0 Å². The predicted molar refractivity (Wildman–Crippen MR) is 443 cm³/mol. The molecule has 12 aliphatic rings. The van der Waals surface area contributed by atoms with E-state index in [4.69, 9.17) is 10.8 Å². The van der Waals surface area contributed by atoms with Gasteiger partial charge in [-0.1, -0.05) is 160 Å². The molecule has 8 aliphatic carbocycles. The van der Waals surface area contributed by atoms with Gasteiger partial charge in [0.2, 0.25) is 41.4 Å². The van der Waals surface area contributed by atoms with E-state index in [2.05, 4.69) is 102 Å². The van der Waals surface area contributed by atoms with Crippen LogP contribution >= 0.6 is 12.4 Å². The van der Waals surface area contributed by atoms with Crippen LogP contribution in [0.2, 0.25) is 0 Å². The highest BCUT2D eigenvalue weighted by Gasteiger charge is 2.86. The Bertz CT molecular complexity index is 3380. The maximum atomic E-state index is 15.2. The number of aliphatic hydroxyl groups is 2. The first-order valence-electron chi connectivity index (χ1n) is 44.7. The van der Waals surface area contributed by atoms with Gasteiger partial charge in [-0.25, -0.2) is 0 Å². The van der Waals surface area contributed by atoms with Gasteiger partial charge in [-0.15, -0.1) is 12.4 Å². The van der Waals surface area contributed by atoms with E-state index in [1.165, 1.54) is 0 Å². The first-order chi connectivity index (χ1) is 53.1. The average Bonchev–Trinajstić information content (AvgIpc) is 1.46. The van der Waals surface area contributed by atoms with Crippen molar-refractivity contribution in [1.82, 2.24) is 56.8 Å². The lowest BCUT2D eigenvalue weighted by Crippen LogP contribution is -2.63.